The molecule has 1 saturated heterocycles. The molecule has 1 aliphatic heterocycles. The second-order valence-electron chi connectivity index (χ2n) is 4.04. The lowest BCUT2D eigenvalue weighted by molar-refractivity contribution is 0.122. The maximum absolute atomic E-state index is 13.9. The van der Waals surface area contributed by atoms with Gasteiger partial charge >= 0.3 is 0 Å². The molecule has 0 bridgehead atoms. The van der Waals surface area contributed by atoms with E-state index in [1.807, 2.05) is 11.8 Å². The topological polar surface area (TPSA) is 32.7 Å². The fraction of sp³-hybridized carbons (Fsp3) is 0.385. The van der Waals surface area contributed by atoms with Crippen LogP contribution in [0.1, 0.15) is 5.56 Å². The summed E-state index contributed by atoms with van der Waals surface area (Å²) in [5.41, 5.74) is -1.77. The number of hydrogen-bond acceptors (Lipinski definition) is 3. The van der Waals surface area contributed by atoms with Crippen molar-refractivity contribution in [3.63, 3.8) is 0 Å². The van der Waals surface area contributed by atoms with Crippen LogP contribution in [0.4, 0.5) is 23.2 Å². The number of benzene rings is 1. The second-order valence-corrected chi connectivity index (χ2v) is 4.04. The van der Waals surface area contributed by atoms with Crippen molar-refractivity contribution in [2.45, 2.75) is 0 Å². The van der Waals surface area contributed by atoms with E-state index in [2.05, 4.69) is 0 Å². The molecular formula is C13H11F4NO2. The summed E-state index contributed by atoms with van der Waals surface area (Å²) in [7, 11) is 0. The molecule has 0 spiro atoms. The van der Waals surface area contributed by atoms with Gasteiger partial charge < -0.3 is 14.7 Å². The number of anilines is 1. The van der Waals surface area contributed by atoms with Crippen molar-refractivity contribution in [3.8, 4) is 11.8 Å². The number of ether oxygens (including phenoxy) is 1. The molecular weight excluding hydrogens is 278 g/mol. The number of aliphatic hydroxyl groups excluding tert-OH is 1. The van der Waals surface area contributed by atoms with Gasteiger partial charge in [-0.25, -0.2) is 17.6 Å². The van der Waals surface area contributed by atoms with Gasteiger partial charge in [0.25, 0.3) is 0 Å². The summed E-state index contributed by atoms with van der Waals surface area (Å²) in [6, 6.07) is 0. The van der Waals surface area contributed by atoms with Crippen molar-refractivity contribution in [2.75, 3.05) is 37.8 Å². The molecule has 0 unspecified atom stereocenters. The Bertz CT molecular complexity index is 545. The number of nitrogens with zero attached hydrogens (tertiary/aromatic N) is 1. The zero-order valence-electron chi connectivity index (χ0n) is 10.4. The van der Waals surface area contributed by atoms with E-state index in [4.69, 9.17) is 9.84 Å². The first-order valence-electron chi connectivity index (χ1n) is 5.86. The van der Waals surface area contributed by atoms with Gasteiger partial charge in [0.1, 0.15) is 17.9 Å². The van der Waals surface area contributed by atoms with Crippen LogP contribution in [0.15, 0.2) is 0 Å². The highest BCUT2D eigenvalue weighted by molar-refractivity contribution is 5.55. The van der Waals surface area contributed by atoms with E-state index in [-0.39, 0.29) is 26.3 Å². The first kappa shape index (κ1) is 14.6. The predicted octanol–water partition coefficient (Wildman–Crippen LogP) is 1.42. The first-order valence-corrected chi connectivity index (χ1v) is 5.86. The highest BCUT2D eigenvalue weighted by Gasteiger charge is 2.28. The lowest BCUT2D eigenvalue weighted by atomic mass is 10.1. The minimum Gasteiger partial charge on any atom is -0.384 e. The summed E-state index contributed by atoms with van der Waals surface area (Å²) in [6.45, 7) is 0.0263. The Kier molecular flexibility index (Phi) is 4.47. The van der Waals surface area contributed by atoms with Crippen LogP contribution in [-0.2, 0) is 4.74 Å². The molecule has 3 nitrogen and oxygen atoms in total. The Morgan fingerprint density at radius 3 is 2.05 bits per heavy atom. The van der Waals surface area contributed by atoms with Crippen LogP contribution in [0, 0.1) is 35.1 Å². The summed E-state index contributed by atoms with van der Waals surface area (Å²) >= 11 is 0. The SMILES string of the molecule is OCC#Cc1c(F)c(F)c(N2CCOCC2)c(F)c1F. The molecule has 1 fully saturated rings. The van der Waals surface area contributed by atoms with Gasteiger partial charge in [-0.2, -0.15) is 0 Å². The van der Waals surface area contributed by atoms with Crippen LogP contribution >= 0.6 is 0 Å². The molecule has 0 radical (unpaired) electrons. The predicted molar refractivity (Wildman–Crippen MR) is 63.3 cm³/mol. The van der Waals surface area contributed by atoms with E-state index >= 15 is 0 Å². The van der Waals surface area contributed by atoms with Crippen molar-refractivity contribution in [1.29, 1.82) is 0 Å². The molecule has 0 aliphatic carbocycles. The van der Waals surface area contributed by atoms with Gasteiger partial charge in [0.15, 0.2) is 23.3 Å². The van der Waals surface area contributed by atoms with Gasteiger partial charge in [-0.3, -0.25) is 0 Å². The minimum absolute atomic E-state index is 0.133. The summed E-state index contributed by atoms with van der Waals surface area (Å²) in [6.07, 6.45) is 0. The molecule has 20 heavy (non-hydrogen) atoms. The van der Waals surface area contributed by atoms with Crippen LogP contribution in [-0.4, -0.2) is 38.0 Å². The van der Waals surface area contributed by atoms with Crippen molar-refractivity contribution in [1.82, 2.24) is 0 Å². The van der Waals surface area contributed by atoms with Crippen LogP contribution in [0.25, 0.3) is 0 Å². The van der Waals surface area contributed by atoms with Crippen molar-refractivity contribution < 1.29 is 27.4 Å². The van der Waals surface area contributed by atoms with E-state index < -0.39 is 41.1 Å². The Labute approximate surface area is 112 Å². The average Bonchev–Trinajstić information content (AvgIpc) is 2.47. The maximum Gasteiger partial charge on any atom is 0.186 e. The summed E-state index contributed by atoms with van der Waals surface area (Å²) in [5.74, 6) is -2.28. The van der Waals surface area contributed by atoms with E-state index in [0.717, 1.165) is 0 Å². The molecule has 0 saturated carbocycles. The van der Waals surface area contributed by atoms with Crippen molar-refractivity contribution in [3.05, 3.63) is 28.8 Å². The van der Waals surface area contributed by atoms with Gasteiger partial charge in [-0.15, -0.1) is 0 Å². The summed E-state index contributed by atoms with van der Waals surface area (Å²) in [4.78, 5) is 1.18. The van der Waals surface area contributed by atoms with Crippen LogP contribution in [0.2, 0.25) is 0 Å². The van der Waals surface area contributed by atoms with Gasteiger partial charge in [0.2, 0.25) is 0 Å². The Morgan fingerprint density at radius 2 is 1.55 bits per heavy atom. The van der Waals surface area contributed by atoms with Crippen LogP contribution < -0.4 is 4.90 Å². The molecule has 2 rings (SSSR count). The van der Waals surface area contributed by atoms with E-state index in [0.29, 0.717) is 0 Å². The van der Waals surface area contributed by atoms with Crippen molar-refractivity contribution in [2.24, 2.45) is 0 Å². The average molecular weight is 289 g/mol. The Morgan fingerprint density at radius 1 is 1.00 bits per heavy atom. The second kappa shape index (κ2) is 6.11. The number of morpholine rings is 1. The van der Waals surface area contributed by atoms with Gasteiger partial charge in [0.05, 0.1) is 13.2 Å². The quantitative estimate of drug-likeness (QED) is 0.482. The van der Waals surface area contributed by atoms with Crippen LogP contribution in [0.5, 0.6) is 0 Å². The Hall–Kier alpha value is -1.78. The van der Waals surface area contributed by atoms with E-state index in [1.54, 1.807) is 0 Å². The first-order chi connectivity index (χ1) is 9.57. The minimum atomic E-state index is -1.56. The number of halogens is 4. The third kappa shape index (κ3) is 2.57. The number of aliphatic hydroxyl groups is 1. The van der Waals surface area contributed by atoms with Gasteiger partial charge in [-0.1, -0.05) is 11.8 Å². The summed E-state index contributed by atoms with van der Waals surface area (Å²) < 4.78 is 60.4. The smallest absolute Gasteiger partial charge is 0.186 e. The molecule has 1 aromatic carbocycles. The standard InChI is InChI=1S/C13H11F4NO2/c14-9-8(2-1-5-19)10(15)12(17)13(11(9)16)18-3-6-20-7-4-18/h19H,3-7H2. The zero-order chi connectivity index (χ0) is 14.7. The van der Waals surface area contributed by atoms with Crippen molar-refractivity contribution >= 4 is 5.69 Å². The number of hydrogen-bond donors (Lipinski definition) is 1. The molecule has 1 N–H and O–H groups in total. The Balaban J connectivity index is 2.54. The number of rotatable bonds is 1. The highest BCUT2D eigenvalue weighted by atomic mass is 19.2. The molecule has 0 amide bonds. The van der Waals surface area contributed by atoms with Gasteiger partial charge in [0, 0.05) is 13.1 Å². The molecule has 7 heteroatoms. The molecule has 1 aromatic rings. The van der Waals surface area contributed by atoms with Gasteiger partial charge in [-0.05, 0) is 0 Å². The monoisotopic (exact) mass is 289 g/mol. The fourth-order valence-electron chi connectivity index (χ4n) is 1.92. The molecule has 1 aliphatic rings. The fourth-order valence-corrected chi connectivity index (χ4v) is 1.92. The zero-order valence-corrected chi connectivity index (χ0v) is 10.4. The molecule has 0 atom stereocenters. The third-order valence-corrected chi connectivity index (χ3v) is 2.86. The largest absolute Gasteiger partial charge is 0.384 e. The lowest BCUT2D eigenvalue weighted by Gasteiger charge is -2.29. The van der Waals surface area contributed by atoms with E-state index in [9.17, 15) is 17.6 Å². The van der Waals surface area contributed by atoms with E-state index in [1.165, 1.54) is 4.90 Å². The molecule has 0 aromatic heterocycles. The van der Waals surface area contributed by atoms with Crippen LogP contribution in [0.3, 0.4) is 0 Å². The molecule has 108 valence electrons. The normalized spacial score (nSPS) is 14.9. The lowest BCUT2D eigenvalue weighted by Crippen LogP contribution is -2.37. The summed E-state index contributed by atoms with van der Waals surface area (Å²) in [5, 5.41) is 8.48. The third-order valence-electron chi connectivity index (χ3n) is 2.86. The molecule has 1 heterocycles. The maximum atomic E-state index is 13.9. The highest BCUT2D eigenvalue weighted by Crippen LogP contribution is 2.31.